The molecule has 0 rings (SSSR count). The van der Waals surface area contributed by atoms with Crippen molar-refractivity contribution < 1.29 is 9.53 Å². The van der Waals surface area contributed by atoms with Crippen LogP contribution in [0.25, 0.3) is 0 Å². The minimum Gasteiger partial charge on any atom is -0.381 e. The number of carbonyl (C=O) groups excluding carboxylic acids is 1. The van der Waals surface area contributed by atoms with E-state index in [4.69, 9.17) is 4.74 Å². The Hall–Kier alpha value is -1.01. The van der Waals surface area contributed by atoms with Gasteiger partial charge in [-0.1, -0.05) is 13.8 Å². The molecule has 0 aromatic rings. The van der Waals surface area contributed by atoms with Gasteiger partial charge in [-0.15, -0.1) is 11.8 Å². The molecule has 0 spiro atoms. The summed E-state index contributed by atoms with van der Waals surface area (Å²) in [6.45, 7) is 8.40. The van der Waals surface area contributed by atoms with Gasteiger partial charge in [-0.25, -0.2) is 0 Å². The number of rotatable bonds is 10. The fourth-order valence-corrected chi connectivity index (χ4v) is 1.37. The van der Waals surface area contributed by atoms with Crippen LogP contribution in [0.1, 0.15) is 52.9 Å². The van der Waals surface area contributed by atoms with Crippen molar-refractivity contribution in [2.24, 2.45) is 5.92 Å². The quantitative estimate of drug-likeness (QED) is 0.480. The van der Waals surface area contributed by atoms with Crippen LogP contribution in [0.5, 0.6) is 0 Å². The summed E-state index contributed by atoms with van der Waals surface area (Å²) < 4.78 is 5.45. The van der Waals surface area contributed by atoms with E-state index in [2.05, 4.69) is 31.0 Å². The first kappa shape index (κ1) is 17.0. The Labute approximate surface area is 112 Å². The summed E-state index contributed by atoms with van der Waals surface area (Å²) in [5, 5.41) is 2.89. The summed E-state index contributed by atoms with van der Waals surface area (Å²) in [5.74, 6) is 6.61. The molecule has 18 heavy (non-hydrogen) atoms. The highest BCUT2D eigenvalue weighted by Crippen LogP contribution is 1.99. The Balaban J connectivity index is 3.23. The van der Waals surface area contributed by atoms with Crippen molar-refractivity contribution in [1.29, 1.82) is 0 Å². The topological polar surface area (TPSA) is 38.3 Å². The van der Waals surface area contributed by atoms with Gasteiger partial charge in [0.15, 0.2) is 0 Å². The Kier molecular flexibility index (Phi) is 11.7. The smallest absolute Gasteiger partial charge is 0.220 e. The average Bonchev–Trinajstić information content (AvgIpc) is 2.33. The van der Waals surface area contributed by atoms with E-state index in [9.17, 15) is 4.79 Å². The second-order valence-corrected chi connectivity index (χ2v) is 4.78. The van der Waals surface area contributed by atoms with E-state index in [1.165, 1.54) is 0 Å². The first-order valence-corrected chi connectivity index (χ1v) is 6.91. The van der Waals surface area contributed by atoms with Crippen LogP contribution < -0.4 is 5.32 Å². The van der Waals surface area contributed by atoms with E-state index < -0.39 is 0 Å². The molecule has 1 N–H and O–H groups in total. The summed E-state index contributed by atoms with van der Waals surface area (Å²) in [5.41, 5.74) is 0. The molecular weight excluding hydrogens is 226 g/mol. The molecule has 0 aromatic heterocycles. The van der Waals surface area contributed by atoms with E-state index in [0.29, 0.717) is 18.9 Å². The van der Waals surface area contributed by atoms with Gasteiger partial charge < -0.3 is 10.1 Å². The van der Waals surface area contributed by atoms with Crippen molar-refractivity contribution in [2.75, 3.05) is 19.8 Å². The maximum absolute atomic E-state index is 11.4. The Morgan fingerprint density at radius 1 is 1.28 bits per heavy atom. The molecular formula is C15H27NO2. The van der Waals surface area contributed by atoms with Crippen LogP contribution >= 0.6 is 0 Å². The number of amides is 1. The number of carbonyl (C=O) groups is 1. The van der Waals surface area contributed by atoms with Crippen LogP contribution in [-0.2, 0) is 9.53 Å². The van der Waals surface area contributed by atoms with Gasteiger partial charge >= 0.3 is 0 Å². The number of hydrogen-bond donors (Lipinski definition) is 1. The van der Waals surface area contributed by atoms with Crippen LogP contribution in [-0.4, -0.2) is 25.7 Å². The molecule has 0 aliphatic heterocycles. The van der Waals surface area contributed by atoms with Gasteiger partial charge in [-0.2, -0.15) is 0 Å². The van der Waals surface area contributed by atoms with Gasteiger partial charge in [0.05, 0.1) is 0 Å². The standard InChI is InChI=1S/C15H27NO2/c1-4-5-6-7-11-16-15(17)9-8-12-18-13-10-14(2)3/h14H,6-13H2,1-3H3,(H,16,17). The van der Waals surface area contributed by atoms with Crippen molar-refractivity contribution in [1.82, 2.24) is 5.32 Å². The second-order valence-electron chi connectivity index (χ2n) is 4.78. The lowest BCUT2D eigenvalue weighted by Gasteiger charge is -2.06. The van der Waals surface area contributed by atoms with Gasteiger partial charge in [0, 0.05) is 32.6 Å². The van der Waals surface area contributed by atoms with Crippen LogP contribution in [0.4, 0.5) is 0 Å². The van der Waals surface area contributed by atoms with Gasteiger partial charge in [0.25, 0.3) is 0 Å². The lowest BCUT2D eigenvalue weighted by molar-refractivity contribution is -0.121. The van der Waals surface area contributed by atoms with E-state index in [-0.39, 0.29) is 5.91 Å². The predicted molar refractivity (Wildman–Crippen MR) is 75.2 cm³/mol. The van der Waals surface area contributed by atoms with Gasteiger partial charge in [-0.05, 0) is 32.1 Å². The van der Waals surface area contributed by atoms with E-state index in [1.54, 1.807) is 0 Å². The van der Waals surface area contributed by atoms with Crippen molar-refractivity contribution >= 4 is 5.91 Å². The molecule has 0 bridgehead atoms. The molecule has 3 heteroatoms. The minimum atomic E-state index is 0.118. The number of unbranched alkanes of at least 4 members (excludes halogenated alkanes) is 1. The maximum Gasteiger partial charge on any atom is 0.220 e. The summed E-state index contributed by atoms with van der Waals surface area (Å²) in [4.78, 5) is 11.4. The molecule has 0 aliphatic carbocycles. The molecule has 0 saturated carbocycles. The summed E-state index contributed by atoms with van der Waals surface area (Å²) >= 11 is 0. The molecule has 0 aromatic carbocycles. The molecule has 0 atom stereocenters. The third-order valence-corrected chi connectivity index (χ3v) is 2.51. The fraction of sp³-hybridized carbons (Fsp3) is 0.800. The molecule has 0 aliphatic rings. The summed E-state index contributed by atoms with van der Waals surface area (Å²) in [6, 6.07) is 0. The summed E-state index contributed by atoms with van der Waals surface area (Å²) in [7, 11) is 0. The van der Waals surface area contributed by atoms with Crippen molar-refractivity contribution in [3.63, 3.8) is 0 Å². The highest BCUT2D eigenvalue weighted by Gasteiger charge is 2.00. The second kappa shape index (κ2) is 12.4. The third kappa shape index (κ3) is 13.1. The van der Waals surface area contributed by atoms with Crippen LogP contribution in [0.3, 0.4) is 0 Å². The Bertz CT molecular complexity index is 263. The summed E-state index contributed by atoms with van der Waals surface area (Å²) in [6.07, 6.45) is 4.23. The van der Waals surface area contributed by atoms with Crippen molar-refractivity contribution in [3.05, 3.63) is 0 Å². The van der Waals surface area contributed by atoms with Gasteiger partial charge in [0.2, 0.25) is 5.91 Å². The van der Waals surface area contributed by atoms with Gasteiger partial charge in [-0.3, -0.25) is 4.79 Å². The molecule has 0 unspecified atom stereocenters. The zero-order valence-corrected chi connectivity index (χ0v) is 12.1. The fourth-order valence-electron chi connectivity index (χ4n) is 1.37. The molecule has 0 saturated heterocycles. The number of ether oxygens (including phenoxy) is 1. The predicted octanol–water partition coefficient (Wildman–Crippen LogP) is 2.75. The maximum atomic E-state index is 11.4. The highest BCUT2D eigenvalue weighted by atomic mass is 16.5. The van der Waals surface area contributed by atoms with Crippen LogP contribution in [0, 0.1) is 17.8 Å². The van der Waals surface area contributed by atoms with Crippen molar-refractivity contribution in [2.45, 2.75) is 52.9 Å². The lowest BCUT2D eigenvalue weighted by Crippen LogP contribution is -2.24. The van der Waals surface area contributed by atoms with Crippen LogP contribution in [0.15, 0.2) is 0 Å². The number of hydrogen-bond acceptors (Lipinski definition) is 2. The number of nitrogens with one attached hydrogen (secondary N) is 1. The van der Waals surface area contributed by atoms with Crippen molar-refractivity contribution in [3.8, 4) is 11.8 Å². The van der Waals surface area contributed by atoms with E-state index >= 15 is 0 Å². The Morgan fingerprint density at radius 2 is 2.06 bits per heavy atom. The van der Waals surface area contributed by atoms with Gasteiger partial charge in [0.1, 0.15) is 0 Å². The molecule has 104 valence electrons. The molecule has 1 amide bonds. The largest absolute Gasteiger partial charge is 0.381 e. The first-order valence-electron chi connectivity index (χ1n) is 6.91. The molecule has 0 heterocycles. The highest BCUT2D eigenvalue weighted by molar-refractivity contribution is 5.75. The molecule has 0 radical (unpaired) electrons. The monoisotopic (exact) mass is 253 g/mol. The third-order valence-electron chi connectivity index (χ3n) is 2.51. The zero-order valence-electron chi connectivity index (χ0n) is 12.1. The van der Waals surface area contributed by atoms with E-state index in [0.717, 1.165) is 38.8 Å². The zero-order chi connectivity index (χ0) is 13.6. The minimum absolute atomic E-state index is 0.118. The molecule has 0 fully saturated rings. The van der Waals surface area contributed by atoms with E-state index in [1.807, 2.05) is 6.92 Å². The lowest BCUT2D eigenvalue weighted by atomic mass is 10.1. The average molecular weight is 253 g/mol. The molecule has 3 nitrogen and oxygen atoms in total. The Morgan fingerprint density at radius 3 is 2.72 bits per heavy atom. The van der Waals surface area contributed by atoms with Crippen LogP contribution in [0.2, 0.25) is 0 Å². The first-order chi connectivity index (χ1) is 8.66. The SMILES string of the molecule is CC#CCCCNC(=O)CCCOCCC(C)C. The normalized spacial score (nSPS) is 10.0.